The van der Waals surface area contributed by atoms with Gasteiger partial charge >= 0.3 is 5.97 Å². The Morgan fingerprint density at radius 1 is 1.11 bits per heavy atom. The van der Waals surface area contributed by atoms with Crippen molar-refractivity contribution in [3.8, 4) is 0 Å². The molecule has 1 atom stereocenters. The van der Waals surface area contributed by atoms with E-state index in [1.54, 1.807) is 10.6 Å². The van der Waals surface area contributed by atoms with Crippen molar-refractivity contribution in [2.75, 3.05) is 5.32 Å². The minimum absolute atomic E-state index is 0.162. The molecule has 2 aromatic heterocycles. The van der Waals surface area contributed by atoms with Crippen molar-refractivity contribution in [2.24, 2.45) is 0 Å². The molecule has 4 rings (SSSR count). The van der Waals surface area contributed by atoms with E-state index < -0.39 is 18.0 Å². The molecule has 1 unspecified atom stereocenters. The number of fused-ring (bicyclic) bond motifs is 2. The molecule has 2 heterocycles. The zero-order valence-corrected chi connectivity index (χ0v) is 15.5. The van der Waals surface area contributed by atoms with Crippen LogP contribution in [-0.4, -0.2) is 27.4 Å². The van der Waals surface area contributed by atoms with E-state index in [1.165, 1.54) is 6.92 Å². The van der Waals surface area contributed by atoms with Crippen LogP contribution in [-0.2, 0) is 9.53 Å². The maximum absolute atomic E-state index is 12.5. The lowest BCUT2D eigenvalue weighted by molar-refractivity contribution is -0.123. The van der Waals surface area contributed by atoms with Crippen molar-refractivity contribution in [3.05, 3.63) is 78.2 Å². The quantitative estimate of drug-likeness (QED) is 0.549. The Morgan fingerprint density at radius 3 is 2.75 bits per heavy atom. The van der Waals surface area contributed by atoms with E-state index in [1.807, 2.05) is 67.7 Å². The molecular weight excluding hydrogens is 354 g/mol. The van der Waals surface area contributed by atoms with E-state index in [4.69, 9.17) is 4.74 Å². The first kappa shape index (κ1) is 17.7. The lowest BCUT2D eigenvalue weighted by Gasteiger charge is -2.14. The topological polar surface area (TPSA) is 72.7 Å². The molecule has 140 valence electrons. The highest BCUT2D eigenvalue weighted by molar-refractivity contribution is 6.04. The Morgan fingerprint density at radius 2 is 1.89 bits per heavy atom. The summed E-state index contributed by atoms with van der Waals surface area (Å²) in [6, 6.07) is 17.2. The van der Waals surface area contributed by atoms with Crippen LogP contribution in [0.2, 0.25) is 0 Å². The molecule has 0 bridgehead atoms. The summed E-state index contributed by atoms with van der Waals surface area (Å²) in [6.07, 6.45) is 2.45. The smallest absolute Gasteiger partial charge is 0.359 e. The molecule has 2 aromatic carbocycles. The summed E-state index contributed by atoms with van der Waals surface area (Å²) >= 11 is 0. The van der Waals surface area contributed by atoms with Gasteiger partial charge in [-0.05, 0) is 43.0 Å². The molecule has 1 N–H and O–H groups in total. The number of hydrogen-bond donors (Lipinski definition) is 1. The molecule has 0 aliphatic heterocycles. The molecule has 1 amide bonds. The van der Waals surface area contributed by atoms with Gasteiger partial charge in [-0.3, -0.25) is 4.79 Å². The molecule has 0 aliphatic carbocycles. The number of aryl methyl sites for hydroxylation is 1. The number of esters is 1. The van der Waals surface area contributed by atoms with Crippen molar-refractivity contribution >= 4 is 34.0 Å². The van der Waals surface area contributed by atoms with E-state index in [2.05, 4.69) is 10.3 Å². The van der Waals surface area contributed by atoms with Crippen molar-refractivity contribution in [2.45, 2.75) is 20.0 Å². The first-order chi connectivity index (χ1) is 13.5. The summed E-state index contributed by atoms with van der Waals surface area (Å²) in [5.74, 6) is -1.04. The number of benzene rings is 2. The number of aromatic nitrogens is 2. The van der Waals surface area contributed by atoms with Gasteiger partial charge in [0.25, 0.3) is 5.91 Å². The number of pyridine rings is 1. The van der Waals surface area contributed by atoms with Crippen molar-refractivity contribution < 1.29 is 14.3 Å². The number of rotatable bonds is 4. The third-order valence-electron chi connectivity index (χ3n) is 4.53. The summed E-state index contributed by atoms with van der Waals surface area (Å²) in [5, 5.41) is 4.78. The van der Waals surface area contributed by atoms with Crippen molar-refractivity contribution in [3.63, 3.8) is 0 Å². The maximum atomic E-state index is 12.5. The normalized spacial score (nSPS) is 12.1. The van der Waals surface area contributed by atoms with Gasteiger partial charge in [-0.1, -0.05) is 36.4 Å². The zero-order chi connectivity index (χ0) is 19.7. The molecule has 28 heavy (non-hydrogen) atoms. The van der Waals surface area contributed by atoms with Gasteiger partial charge in [-0.25, -0.2) is 9.78 Å². The second-order valence-electron chi connectivity index (χ2n) is 6.66. The lowest BCUT2D eigenvalue weighted by Crippen LogP contribution is -2.30. The monoisotopic (exact) mass is 373 g/mol. The van der Waals surface area contributed by atoms with E-state index in [0.717, 1.165) is 16.3 Å². The molecule has 0 aliphatic rings. The van der Waals surface area contributed by atoms with Crippen LogP contribution in [0.1, 0.15) is 23.0 Å². The summed E-state index contributed by atoms with van der Waals surface area (Å²) in [5.41, 5.74) is 2.53. The number of anilines is 1. The predicted octanol–water partition coefficient (Wildman–Crippen LogP) is 3.98. The van der Waals surface area contributed by atoms with E-state index >= 15 is 0 Å². The Labute approximate surface area is 161 Å². The number of nitrogens with zero attached hydrogens (tertiary/aromatic N) is 2. The van der Waals surface area contributed by atoms with Crippen molar-refractivity contribution in [1.29, 1.82) is 0 Å². The Bertz CT molecular complexity index is 1190. The molecule has 6 nitrogen and oxygen atoms in total. The highest BCUT2D eigenvalue weighted by Gasteiger charge is 2.21. The van der Waals surface area contributed by atoms with Crippen LogP contribution in [0.3, 0.4) is 0 Å². The van der Waals surface area contributed by atoms with Crippen LogP contribution in [0.5, 0.6) is 0 Å². The molecule has 4 aromatic rings. The first-order valence-electron chi connectivity index (χ1n) is 8.96. The van der Waals surface area contributed by atoms with Crippen LogP contribution < -0.4 is 5.32 Å². The van der Waals surface area contributed by atoms with Crippen LogP contribution in [0, 0.1) is 6.92 Å². The highest BCUT2D eigenvalue weighted by atomic mass is 16.5. The van der Waals surface area contributed by atoms with E-state index in [9.17, 15) is 9.59 Å². The van der Waals surface area contributed by atoms with Crippen LogP contribution >= 0.6 is 0 Å². The van der Waals surface area contributed by atoms with E-state index in [0.29, 0.717) is 11.3 Å². The van der Waals surface area contributed by atoms with Gasteiger partial charge in [0.1, 0.15) is 5.65 Å². The van der Waals surface area contributed by atoms with Gasteiger partial charge in [0.2, 0.25) is 0 Å². The number of imidazole rings is 1. The number of hydrogen-bond acceptors (Lipinski definition) is 4. The molecule has 0 fully saturated rings. The number of carbonyl (C=O) groups excluding carboxylic acids is 2. The van der Waals surface area contributed by atoms with Crippen LogP contribution in [0.25, 0.3) is 16.4 Å². The van der Waals surface area contributed by atoms with Crippen LogP contribution in [0.4, 0.5) is 5.69 Å². The predicted molar refractivity (Wildman–Crippen MR) is 107 cm³/mol. The van der Waals surface area contributed by atoms with Gasteiger partial charge in [0.15, 0.2) is 11.8 Å². The van der Waals surface area contributed by atoms with Crippen LogP contribution in [0.15, 0.2) is 67.0 Å². The summed E-state index contributed by atoms with van der Waals surface area (Å²) in [6.45, 7) is 3.49. The number of amides is 1. The Balaban J connectivity index is 1.48. The van der Waals surface area contributed by atoms with E-state index in [-0.39, 0.29) is 5.69 Å². The Kier molecular flexibility index (Phi) is 4.53. The largest absolute Gasteiger partial charge is 0.448 e. The molecule has 6 heteroatoms. The third kappa shape index (κ3) is 3.44. The SMILES string of the molecule is Cc1ccn2cc(C(=O)OC(C)C(=O)Nc3cccc4ccccc34)nc2c1. The molecular formula is C22H19N3O3. The molecule has 0 saturated heterocycles. The average molecular weight is 373 g/mol. The summed E-state index contributed by atoms with van der Waals surface area (Å²) in [4.78, 5) is 29.2. The zero-order valence-electron chi connectivity index (χ0n) is 15.5. The minimum Gasteiger partial charge on any atom is -0.448 e. The molecule has 0 spiro atoms. The average Bonchev–Trinajstić information content (AvgIpc) is 3.11. The summed E-state index contributed by atoms with van der Waals surface area (Å²) < 4.78 is 7.06. The second kappa shape index (κ2) is 7.15. The number of nitrogens with one attached hydrogen (secondary N) is 1. The molecule has 0 saturated carbocycles. The highest BCUT2D eigenvalue weighted by Crippen LogP contribution is 2.23. The van der Waals surface area contributed by atoms with Gasteiger partial charge in [-0.15, -0.1) is 0 Å². The van der Waals surface area contributed by atoms with Gasteiger partial charge in [0.05, 0.1) is 0 Å². The van der Waals surface area contributed by atoms with Gasteiger partial charge in [-0.2, -0.15) is 0 Å². The fourth-order valence-electron chi connectivity index (χ4n) is 3.03. The van der Waals surface area contributed by atoms with Gasteiger partial charge in [0, 0.05) is 23.5 Å². The van der Waals surface area contributed by atoms with Gasteiger partial charge < -0.3 is 14.5 Å². The maximum Gasteiger partial charge on any atom is 0.359 e. The lowest BCUT2D eigenvalue weighted by atomic mass is 10.1. The summed E-state index contributed by atoms with van der Waals surface area (Å²) in [7, 11) is 0. The Hall–Kier alpha value is -3.67. The number of ether oxygens (including phenoxy) is 1. The minimum atomic E-state index is -0.960. The fraction of sp³-hybridized carbons (Fsp3) is 0.136. The number of carbonyl (C=O) groups is 2. The molecule has 0 radical (unpaired) electrons. The third-order valence-corrected chi connectivity index (χ3v) is 4.53. The second-order valence-corrected chi connectivity index (χ2v) is 6.66. The van der Waals surface area contributed by atoms with Crippen molar-refractivity contribution in [1.82, 2.24) is 9.38 Å². The fourth-order valence-corrected chi connectivity index (χ4v) is 3.03. The first-order valence-corrected chi connectivity index (χ1v) is 8.96. The standard InChI is InChI=1S/C22H19N3O3/c1-14-10-11-25-13-19(23-20(25)12-14)22(27)28-15(2)21(26)24-18-9-5-7-16-6-3-4-8-17(16)18/h3-13,15H,1-2H3,(H,24,26).